The van der Waals surface area contributed by atoms with Crippen LogP contribution in [0.1, 0.15) is 57.0 Å². The highest BCUT2D eigenvalue weighted by Gasteiger charge is 2.38. The van der Waals surface area contributed by atoms with E-state index in [0.29, 0.717) is 12.3 Å². The number of likely N-dealkylation sites (tertiary alicyclic amines) is 2. The average Bonchev–Trinajstić information content (AvgIpc) is 3.25. The number of imidazole rings is 1. The first kappa shape index (κ1) is 18.0. The van der Waals surface area contributed by atoms with E-state index < -0.39 is 0 Å². The molecule has 4 heterocycles. The van der Waals surface area contributed by atoms with Gasteiger partial charge in [-0.2, -0.15) is 0 Å². The van der Waals surface area contributed by atoms with Crippen molar-refractivity contribution in [3.05, 3.63) is 23.1 Å². The van der Waals surface area contributed by atoms with Crippen LogP contribution in [0.2, 0.25) is 0 Å². The Morgan fingerprint density at radius 2 is 2.04 bits per heavy atom. The van der Waals surface area contributed by atoms with Crippen molar-refractivity contribution in [2.45, 2.75) is 57.8 Å². The zero-order valence-electron chi connectivity index (χ0n) is 16.0. The second kappa shape index (κ2) is 7.31. The number of hydrogen-bond donors (Lipinski definition) is 0. The molecule has 0 aromatic carbocycles. The minimum absolute atomic E-state index is 0.0383. The standard InChI is InChI=1S/C20H30N4OS/c1-16-21-18(19-24(16)13-14-26-19)20(2)8-6-11-23(15-20)17(25)7-12-22-9-4-3-5-10-22/h13-14H,3-12,15H2,1-2H3/t20-/m1/s1. The first-order chi connectivity index (χ1) is 12.6. The highest BCUT2D eigenvalue weighted by atomic mass is 32.1. The van der Waals surface area contributed by atoms with E-state index in [1.807, 2.05) is 0 Å². The number of nitrogens with zero attached hydrogens (tertiary/aromatic N) is 4. The van der Waals surface area contributed by atoms with Crippen LogP contribution < -0.4 is 0 Å². The van der Waals surface area contributed by atoms with Crippen LogP contribution in [0, 0.1) is 6.92 Å². The van der Waals surface area contributed by atoms with Gasteiger partial charge in [0, 0.05) is 43.0 Å². The monoisotopic (exact) mass is 374 g/mol. The number of aromatic nitrogens is 2. The van der Waals surface area contributed by atoms with Gasteiger partial charge in [-0.15, -0.1) is 11.3 Å². The Bertz CT molecular complexity index is 776. The van der Waals surface area contributed by atoms with Crippen LogP contribution in [0.5, 0.6) is 0 Å². The van der Waals surface area contributed by atoms with Gasteiger partial charge < -0.3 is 9.80 Å². The molecule has 2 aromatic rings. The van der Waals surface area contributed by atoms with Crippen LogP contribution in [0.4, 0.5) is 0 Å². The molecule has 2 aliphatic rings. The van der Waals surface area contributed by atoms with Gasteiger partial charge in [0.2, 0.25) is 5.91 Å². The number of carbonyl (C=O) groups excluding carboxylic acids is 1. The lowest BCUT2D eigenvalue weighted by Gasteiger charge is -2.40. The summed E-state index contributed by atoms with van der Waals surface area (Å²) < 4.78 is 2.18. The van der Waals surface area contributed by atoms with Crippen molar-refractivity contribution in [1.82, 2.24) is 19.2 Å². The maximum absolute atomic E-state index is 12.9. The predicted molar refractivity (Wildman–Crippen MR) is 106 cm³/mol. The summed E-state index contributed by atoms with van der Waals surface area (Å²) in [5, 5.41) is 2.13. The summed E-state index contributed by atoms with van der Waals surface area (Å²) in [7, 11) is 0. The Morgan fingerprint density at radius 1 is 1.23 bits per heavy atom. The highest BCUT2D eigenvalue weighted by molar-refractivity contribution is 7.15. The zero-order valence-corrected chi connectivity index (χ0v) is 16.9. The number of rotatable bonds is 4. The topological polar surface area (TPSA) is 40.9 Å². The molecule has 5 nitrogen and oxygen atoms in total. The maximum Gasteiger partial charge on any atom is 0.223 e. The minimum atomic E-state index is -0.0383. The summed E-state index contributed by atoms with van der Waals surface area (Å²) in [4.78, 5) is 23.5. The molecule has 0 saturated carbocycles. The Morgan fingerprint density at radius 3 is 2.85 bits per heavy atom. The molecule has 1 amide bonds. The van der Waals surface area contributed by atoms with Gasteiger partial charge in [-0.3, -0.25) is 9.20 Å². The lowest BCUT2D eigenvalue weighted by atomic mass is 9.79. The van der Waals surface area contributed by atoms with E-state index in [-0.39, 0.29) is 5.41 Å². The molecule has 2 fully saturated rings. The fourth-order valence-electron chi connectivity index (χ4n) is 4.60. The molecule has 0 unspecified atom stereocenters. The summed E-state index contributed by atoms with van der Waals surface area (Å²) in [6.07, 6.45) is 8.84. The fraction of sp³-hybridized carbons (Fsp3) is 0.700. The van der Waals surface area contributed by atoms with Gasteiger partial charge in [-0.25, -0.2) is 4.98 Å². The molecule has 0 aliphatic carbocycles. The van der Waals surface area contributed by atoms with E-state index in [2.05, 4.69) is 39.6 Å². The van der Waals surface area contributed by atoms with Gasteiger partial charge in [0.1, 0.15) is 10.7 Å². The Labute approximate surface area is 160 Å². The third-order valence-corrected chi connectivity index (χ3v) is 7.02. The van der Waals surface area contributed by atoms with Crippen molar-refractivity contribution in [2.24, 2.45) is 0 Å². The molecule has 0 bridgehead atoms. The molecular weight excluding hydrogens is 344 g/mol. The first-order valence-electron chi connectivity index (χ1n) is 10.00. The third kappa shape index (κ3) is 3.41. The Kier molecular flexibility index (Phi) is 5.06. The summed E-state index contributed by atoms with van der Waals surface area (Å²) in [6.45, 7) is 9.30. The van der Waals surface area contributed by atoms with Crippen molar-refractivity contribution in [1.29, 1.82) is 0 Å². The average molecular weight is 375 g/mol. The van der Waals surface area contributed by atoms with E-state index in [0.717, 1.165) is 51.4 Å². The normalized spacial score (nSPS) is 25.1. The van der Waals surface area contributed by atoms with Gasteiger partial charge in [0.15, 0.2) is 0 Å². The number of thiazole rings is 1. The van der Waals surface area contributed by atoms with Crippen LogP contribution in [-0.2, 0) is 10.2 Å². The fourth-order valence-corrected chi connectivity index (χ4v) is 5.62. The number of carbonyl (C=O) groups is 1. The molecule has 0 radical (unpaired) electrons. The molecular formula is C20H30N4OS. The Hall–Kier alpha value is -1.40. The summed E-state index contributed by atoms with van der Waals surface area (Å²) >= 11 is 1.76. The molecule has 0 spiro atoms. The van der Waals surface area contributed by atoms with Crippen molar-refractivity contribution in [2.75, 3.05) is 32.7 Å². The van der Waals surface area contributed by atoms with Crippen LogP contribution in [0.3, 0.4) is 0 Å². The largest absolute Gasteiger partial charge is 0.342 e. The van der Waals surface area contributed by atoms with Gasteiger partial charge in [-0.1, -0.05) is 13.3 Å². The lowest BCUT2D eigenvalue weighted by Crippen LogP contribution is -2.48. The molecule has 26 heavy (non-hydrogen) atoms. The van der Waals surface area contributed by atoms with Crippen LogP contribution in [-0.4, -0.2) is 57.8 Å². The number of hydrogen-bond acceptors (Lipinski definition) is 4. The highest BCUT2D eigenvalue weighted by Crippen LogP contribution is 2.37. The van der Waals surface area contributed by atoms with E-state index in [1.165, 1.54) is 29.8 Å². The maximum atomic E-state index is 12.9. The summed E-state index contributed by atoms with van der Waals surface area (Å²) in [5.41, 5.74) is 1.14. The number of fused-ring (bicyclic) bond motifs is 1. The van der Waals surface area contributed by atoms with E-state index in [1.54, 1.807) is 11.3 Å². The first-order valence-corrected chi connectivity index (χ1v) is 10.9. The summed E-state index contributed by atoms with van der Waals surface area (Å²) in [6, 6.07) is 0. The molecule has 1 atom stereocenters. The van der Waals surface area contributed by atoms with Crippen LogP contribution >= 0.6 is 11.3 Å². The second-order valence-electron chi connectivity index (χ2n) is 8.22. The zero-order chi connectivity index (χ0) is 18.1. The predicted octanol–water partition coefficient (Wildman–Crippen LogP) is 3.46. The Balaban J connectivity index is 1.44. The van der Waals surface area contributed by atoms with E-state index in [4.69, 9.17) is 4.98 Å². The molecule has 2 aromatic heterocycles. The molecule has 2 saturated heterocycles. The number of aryl methyl sites for hydroxylation is 1. The molecule has 0 N–H and O–H groups in total. The van der Waals surface area contributed by atoms with E-state index >= 15 is 0 Å². The van der Waals surface area contributed by atoms with Gasteiger partial charge >= 0.3 is 0 Å². The van der Waals surface area contributed by atoms with Gasteiger partial charge in [0.25, 0.3) is 0 Å². The quantitative estimate of drug-likeness (QED) is 0.823. The number of piperidine rings is 2. The smallest absolute Gasteiger partial charge is 0.223 e. The van der Waals surface area contributed by atoms with Crippen molar-refractivity contribution < 1.29 is 4.79 Å². The molecule has 4 rings (SSSR count). The summed E-state index contributed by atoms with van der Waals surface area (Å²) in [5.74, 6) is 1.37. The molecule has 142 valence electrons. The van der Waals surface area contributed by atoms with E-state index in [9.17, 15) is 4.79 Å². The second-order valence-corrected chi connectivity index (χ2v) is 9.11. The van der Waals surface area contributed by atoms with Crippen molar-refractivity contribution >= 4 is 22.1 Å². The minimum Gasteiger partial charge on any atom is -0.342 e. The lowest BCUT2D eigenvalue weighted by molar-refractivity contribution is -0.133. The SMILES string of the molecule is Cc1nc([C@]2(C)CCCN(C(=O)CCN3CCCCC3)C2)c2sccn12. The van der Waals surface area contributed by atoms with Gasteiger partial charge in [0.05, 0.1) is 5.69 Å². The van der Waals surface area contributed by atoms with Crippen molar-refractivity contribution in [3.63, 3.8) is 0 Å². The third-order valence-electron chi connectivity index (χ3n) is 6.14. The molecule has 6 heteroatoms. The van der Waals surface area contributed by atoms with Crippen LogP contribution in [0.15, 0.2) is 11.6 Å². The van der Waals surface area contributed by atoms with Gasteiger partial charge in [-0.05, 0) is 45.7 Å². The van der Waals surface area contributed by atoms with Crippen molar-refractivity contribution in [3.8, 4) is 0 Å². The van der Waals surface area contributed by atoms with Crippen LogP contribution in [0.25, 0.3) is 4.83 Å². The number of amides is 1. The molecule has 2 aliphatic heterocycles.